The number of hydrogen-bond donors (Lipinski definition) is 0. The van der Waals surface area contributed by atoms with E-state index in [4.69, 9.17) is 11.6 Å². The molecule has 0 aliphatic heterocycles. The molecule has 0 saturated heterocycles. The van der Waals surface area contributed by atoms with Crippen molar-refractivity contribution in [1.82, 2.24) is 9.97 Å². The molecule has 0 fully saturated rings. The molecule has 2 nitrogen and oxygen atoms in total. The second kappa shape index (κ2) is 6.52. The summed E-state index contributed by atoms with van der Waals surface area (Å²) in [5, 5.41) is -0.480. The minimum absolute atomic E-state index is 0.0783. The first-order valence-electron chi connectivity index (χ1n) is 5.63. The molecule has 0 aliphatic carbocycles. The molecule has 0 amide bonds. The third-order valence-corrected chi connectivity index (χ3v) is 2.46. The van der Waals surface area contributed by atoms with Crippen LogP contribution in [0.25, 0.3) is 11.3 Å². The van der Waals surface area contributed by atoms with Crippen molar-refractivity contribution in [2.24, 2.45) is 0 Å². The molecule has 0 aliphatic rings. The van der Waals surface area contributed by atoms with Crippen molar-refractivity contribution in [3.63, 3.8) is 0 Å². The van der Waals surface area contributed by atoms with Crippen molar-refractivity contribution in [2.45, 2.75) is 20.0 Å². The molecule has 6 heteroatoms. The average Bonchev–Trinajstić information content (AvgIpc) is 2.41. The Kier molecular flexibility index (Phi) is 5.30. The van der Waals surface area contributed by atoms with E-state index in [9.17, 15) is 13.2 Å². The van der Waals surface area contributed by atoms with Gasteiger partial charge in [0.1, 0.15) is 6.33 Å². The minimum Gasteiger partial charge on any atom is -0.235 e. The predicted molar refractivity (Wildman–Crippen MR) is 68.8 cm³/mol. The predicted octanol–water partition coefficient (Wildman–Crippen LogP) is 4.84. The van der Waals surface area contributed by atoms with Gasteiger partial charge in [-0.15, -0.1) is 0 Å². The Balaban J connectivity index is 0.000000861. The quantitative estimate of drug-likeness (QED) is 0.750. The first-order valence-corrected chi connectivity index (χ1v) is 6.01. The van der Waals surface area contributed by atoms with Gasteiger partial charge in [0.05, 0.1) is 10.7 Å². The molecule has 0 atom stereocenters. The van der Waals surface area contributed by atoms with Crippen LogP contribution in [0.5, 0.6) is 0 Å². The van der Waals surface area contributed by atoms with Crippen molar-refractivity contribution < 1.29 is 13.2 Å². The summed E-state index contributed by atoms with van der Waals surface area (Å²) in [5.41, 5.74) is -0.520. The van der Waals surface area contributed by atoms with E-state index in [1.165, 1.54) is 0 Å². The van der Waals surface area contributed by atoms with Crippen LogP contribution in [0.2, 0.25) is 5.02 Å². The highest BCUT2D eigenvalue weighted by molar-refractivity contribution is 6.33. The van der Waals surface area contributed by atoms with Gasteiger partial charge in [-0.2, -0.15) is 13.2 Å². The van der Waals surface area contributed by atoms with Crippen LogP contribution in [-0.4, -0.2) is 9.97 Å². The Morgan fingerprint density at radius 1 is 1.00 bits per heavy atom. The zero-order chi connectivity index (χ0) is 14.5. The van der Waals surface area contributed by atoms with Crippen molar-refractivity contribution in [1.29, 1.82) is 0 Å². The highest BCUT2D eigenvalue weighted by atomic mass is 35.5. The third kappa shape index (κ3) is 3.67. The van der Waals surface area contributed by atoms with Gasteiger partial charge in [0, 0.05) is 5.56 Å². The summed E-state index contributed by atoms with van der Waals surface area (Å²) >= 11 is 5.68. The Hall–Kier alpha value is -1.62. The average molecular weight is 289 g/mol. The lowest BCUT2D eigenvalue weighted by Crippen LogP contribution is -2.10. The zero-order valence-corrected chi connectivity index (χ0v) is 11.1. The van der Waals surface area contributed by atoms with Gasteiger partial charge < -0.3 is 0 Å². The molecule has 0 saturated carbocycles. The third-order valence-electron chi connectivity index (χ3n) is 2.11. The molecule has 0 unspecified atom stereocenters. The van der Waals surface area contributed by atoms with Crippen LogP contribution in [0, 0.1) is 0 Å². The van der Waals surface area contributed by atoms with Gasteiger partial charge in [0.25, 0.3) is 0 Å². The smallest absolute Gasteiger partial charge is 0.235 e. The van der Waals surface area contributed by atoms with Gasteiger partial charge in [-0.05, 0) is 0 Å². The van der Waals surface area contributed by atoms with E-state index >= 15 is 0 Å². The number of alkyl halides is 3. The standard InChI is InChI=1S/C11H6ClF3N2.C2H6/c12-8-9(7-4-2-1-3-5-7)16-6-17-10(8)11(13,14)15;1-2/h1-6H;1-2H3. The van der Waals surface area contributed by atoms with E-state index in [2.05, 4.69) is 9.97 Å². The Bertz CT molecular complexity index is 527. The maximum Gasteiger partial charge on any atom is 0.434 e. The van der Waals surface area contributed by atoms with E-state index in [1.54, 1.807) is 30.3 Å². The van der Waals surface area contributed by atoms with Crippen molar-refractivity contribution in [3.8, 4) is 11.3 Å². The Labute approximate surface area is 114 Å². The maximum atomic E-state index is 12.6. The van der Waals surface area contributed by atoms with Crippen molar-refractivity contribution in [2.75, 3.05) is 0 Å². The summed E-state index contributed by atoms with van der Waals surface area (Å²) in [6.45, 7) is 4.00. The zero-order valence-electron chi connectivity index (χ0n) is 10.4. The Morgan fingerprint density at radius 2 is 1.58 bits per heavy atom. The van der Waals surface area contributed by atoms with Crippen LogP contribution in [0.1, 0.15) is 19.5 Å². The topological polar surface area (TPSA) is 25.8 Å². The number of halogens is 4. The minimum atomic E-state index is -4.58. The fourth-order valence-electron chi connectivity index (χ4n) is 1.36. The van der Waals surface area contributed by atoms with Gasteiger partial charge in [0.2, 0.25) is 0 Å². The molecule has 2 aromatic rings. The molecule has 1 heterocycles. The van der Waals surface area contributed by atoms with Gasteiger partial charge in [-0.3, -0.25) is 0 Å². The molecule has 2 rings (SSSR count). The van der Waals surface area contributed by atoms with Gasteiger partial charge >= 0.3 is 6.18 Å². The highest BCUT2D eigenvalue weighted by Crippen LogP contribution is 2.36. The lowest BCUT2D eigenvalue weighted by Gasteiger charge is -2.10. The molecular weight excluding hydrogens is 277 g/mol. The van der Waals surface area contributed by atoms with E-state index in [1.807, 2.05) is 13.8 Å². The van der Waals surface area contributed by atoms with Crippen LogP contribution < -0.4 is 0 Å². The molecule has 0 radical (unpaired) electrons. The largest absolute Gasteiger partial charge is 0.434 e. The Morgan fingerprint density at radius 3 is 2.11 bits per heavy atom. The van der Waals surface area contributed by atoms with Crippen molar-refractivity contribution >= 4 is 11.6 Å². The SMILES string of the molecule is CC.FC(F)(F)c1ncnc(-c2ccccc2)c1Cl. The maximum absolute atomic E-state index is 12.6. The van der Waals surface area contributed by atoms with E-state index < -0.39 is 16.9 Å². The number of hydrogen-bond acceptors (Lipinski definition) is 2. The summed E-state index contributed by atoms with van der Waals surface area (Å²) in [6, 6.07) is 8.41. The summed E-state index contributed by atoms with van der Waals surface area (Å²) in [6.07, 6.45) is -3.72. The van der Waals surface area contributed by atoms with Crippen LogP contribution in [0.4, 0.5) is 13.2 Å². The van der Waals surface area contributed by atoms with Crippen LogP contribution in [0.15, 0.2) is 36.7 Å². The summed E-state index contributed by atoms with van der Waals surface area (Å²) in [5.74, 6) is 0. The van der Waals surface area contributed by atoms with Crippen LogP contribution in [0.3, 0.4) is 0 Å². The highest BCUT2D eigenvalue weighted by Gasteiger charge is 2.36. The number of nitrogens with zero attached hydrogens (tertiary/aromatic N) is 2. The molecule has 1 aromatic carbocycles. The first-order chi connectivity index (χ1) is 9.00. The monoisotopic (exact) mass is 288 g/mol. The first kappa shape index (κ1) is 15.4. The van der Waals surface area contributed by atoms with E-state index in [-0.39, 0.29) is 5.69 Å². The molecule has 0 bridgehead atoms. The van der Waals surface area contributed by atoms with Crippen LogP contribution >= 0.6 is 11.6 Å². The number of rotatable bonds is 1. The molecular formula is C13H12ClF3N2. The lowest BCUT2D eigenvalue weighted by molar-refractivity contribution is -0.141. The van der Waals surface area contributed by atoms with E-state index in [0.29, 0.717) is 5.56 Å². The van der Waals surface area contributed by atoms with Gasteiger partial charge in [-0.1, -0.05) is 55.8 Å². The lowest BCUT2D eigenvalue weighted by atomic mass is 10.1. The van der Waals surface area contributed by atoms with Crippen molar-refractivity contribution in [3.05, 3.63) is 47.4 Å². The fraction of sp³-hybridized carbons (Fsp3) is 0.231. The molecule has 0 spiro atoms. The molecule has 1 aromatic heterocycles. The van der Waals surface area contributed by atoms with Gasteiger partial charge in [0.15, 0.2) is 5.69 Å². The molecule has 102 valence electrons. The second-order valence-electron chi connectivity index (χ2n) is 3.25. The fourth-order valence-corrected chi connectivity index (χ4v) is 1.68. The number of benzene rings is 1. The normalized spacial score (nSPS) is 10.6. The number of aromatic nitrogens is 2. The molecule has 19 heavy (non-hydrogen) atoms. The summed E-state index contributed by atoms with van der Waals surface area (Å²) < 4.78 is 37.7. The van der Waals surface area contributed by atoms with E-state index in [0.717, 1.165) is 6.33 Å². The van der Waals surface area contributed by atoms with Gasteiger partial charge in [-0.25, -0.2) is 9.97 Å². The molecule has 0 N–H and O–H groups in total. The summed E-state index contributed by atoms with van der Waals surface area (Å²) in [4.78, 5) is 6.95. The van der Waals surface area contributed by atoms with Crippen LogP contribution in [-0.2, 0) is 6.18 Å². The summed E-state index contributed by atoms with van der Waals surface area (Å²) in [7, 11) is 0. The second-order valence-corrected chi connectivity index (χ2v) is 3.63.